The van der Waals surface area contributed by atoms with Gasteiger partial charge in [-0.3, -0.25) is 9.67 Å². The first kappa shape index (κ1) is 14.7. The Morgan fingerprint density at radius 3 is 2.68 bits per heavy atom. The lowest BCUT2D eigenvalue weighted by molar-refractivity contribution is 0.171. The molecule has 0 aliphatic carbocycles. The Hall–Kier alpha value is -0.720. The zero-order valence-corrected chi connectivity index (χ0v) is 13.9. The standard InChI is InChI=1S/C13H15Br2N3O/c1-8(2)18-4-3-10(17-18)6-12(19)13-11(15)5-9(14)7-16-13/h3-5,7-8,12,19H,6H2,1-2H3. The summed E-state index contributed by atoms with van der Waals surface area (Å²) in [6.45, 7) is 4.14. The lowest BCUT2D eigenvalue weighted by Gasteiger charge is -2.11. The van der Waals surface area contributed by atoms with E-state index in [2.05, 4.69) is 55.8 Å². The van der Waals surface area contributed by atoms with Gasteiger partial charge in [0.25, 0.3) is 0 Å². The molecule has 2 aromatic rings. The van der Waals surface area contributed by atoms with Crippen LogP contribution in [0.15, 0.2) is 33.5 Å². The van der Waals surface area contributed by atoms with Gasteiger partial charge >= 0.3 is 0 Å². The van der Waals surface area contributed by atoms with E-state index < -0.39 is 6.10 Å². The Bertz CT molecular complexity index is 569. The molecular formula is C13H15Br2N3O. The predicted octanol–water partition coefficient (Wildman–Crippen LogP) is 3.66. The zero-order chi connectivity index (χ0) is 14.0. The number of hydrogen-bond acceptors (Lipinski definition) is 3. The molecule has 2 rings (SSSR count). The summed E-state index contributed by atoms with van der Waals surface area (Å²) in [5, 5.41) is 14.7. The lowest BCUT2D eigenvalue weighted by atomic mass is 10.1. The fourth-order valence-corrected chi connectivity index (χ4v) is 2.99. The molecule has 0 aromatic carbocycles. The van der Waals surface area contributed by atoms with Crippen molar-refractivity contribution in [3.05, 3.63) is 44.9 Å². The molecule has 0 saturated heterocycles. The van der Waals surface area contributed by atoms with Crippen molar-refractivity contribution in [2.45, 2.75) is 32.4 Å². The van der Waals surface area contributed by atoms with Crippen molar-refractivity contribution in [1.29, 1.82) is 0 Å². The van der Waals surface area contributed by atoms with Crippen molar-refractivity contribution in [3.63, 3.8) is 0 Å². The van der Waals surface area contributed by atoms with Crippen LogP contribution in [0.1, 0.15) is 37.4 Å². The van der Waals surface area contributed by atoms with Gasteiger partial charge < -0.3 is 5.11 Å². The van der Waals surface area contributed by atoms with Crippen LogP contribution in [0.25, 0.3) is 0 Å². The third kappa shape index (κ3) is 3.64. The average Bonchev–Trinajstić information content (AvgIpc) is 2.77. The minimum absolute atomic E-state index is 0.323. The van der Waals surface area contributed by atoms with Crippen LogP contribution in [-0.4, -0.2) is 19.9 Å². The van der Waals surface area contributed by atoms with Crippen LogP contribution in [0.3, 0.4) is 0 Å². The predicted molar refractivity (Wildman–Crippen MR) is 80.9 cm³/mol. The Morgan fingerprint density at radius 1 is 1.37 bits per heavy atom. The van der Waals surface area contributed by atoms with E-state index in [1.54, 1.807) is 6.20 Å². The van der Waals surface area contributed by atoms with E-state index in [0.717, 1.165) is 14.6 Å². The largest absolute Gasteiger partial charge is 0.386 e. The second kappa shape index (κ2) is 6.15. The summed E-state index contributed by atoms with van der Waals surface area (Å²) in [6, 6.07) is 4.12. The van der Waals surface area contributed by atoms with E-state index in [9.17, 15) is 5.11 Å². The Labute approximate surface area is 129 Å². The Morgan fingerprint density at radius 2 is 2.11 bits per heavy atom. The molecule has 0 aliphatic heterocycles. The highest BCUT2D eigenvalue weighted by atomic mass is 79.9. The first-order chi connectivity index (χ1) is 8.97. The minimum atomic E-state index is -0.669. The number of halogens is 2. The van der Waals surface area contributed by atoms with Gasteiger partial charge in [-0.2, -0.15) is 5.10 Å². The second-order valence-electron chi connectivity index (χ2n) is 4.62. The Kier molecular flexibility index (Phi) is 4.76. The number of nitrogens with zero attached hydrogens (tertiary/aromatic N) is 3. The molecule has 2 aromatic heterocycles. The maximum atomic E-state index is 10.2. The van der Waals surface area contributed by atoms with Crippen LogP contribution in [0.5, 0.6) is 0 Å². The normalized spacial score (nSPS) is 12.9. The number of aliphatic hydroxyl groups is 1. The molecule has 102 valence electrons. The molecule has 1 unspecified atom stereocenters. The number of aliphatic hydroxyl groups excluding tert-OH is 1. The maximum Gasteiger partial charge on any atom is 0.103 e. The van der Waals surface area contributed by atoms with E-state index in [0.29, 0.717) is 18.2 Å². The molecule has 0 aliphatic rings. The summed E-state index contributed by atoms with van der Waals surface area (Å²) in [5.41, 5.74) is 1.49. The number of rotatable bonds is 4. The average molecular weight is 389 g/mol. The van der Waals surface area contributed by atoms with Crippen LogP contribution >= 0.6 is 31.9 Å². The van der Waals surface area contributed by atoms with Crippen molar-refractivity contribution in [2.24, 2.45) is 0 Å². The van der Waals surface area contributed by atoms with E-state index in [1.807, 2.05) is 23.0 Å². The molecular weight excluding hydrogens is 374 g/mol. The van der Waals surface area contributed by atoms with Gasteiger partial charge in [-0.15, -0.1) is 0 Å². The summed E-state index contributed by atoms with van der Waals surface area (Å²) in [4.78, 5) is 4.24. The molecule has 0 amide bonds. The van der Waals surface area contributed by atoms with Crippen molar-refractivity contribution >= 4 is 31.9 Å². The molecule has 0 spiro atoms. The smallest absolute Gasteiger partial charge is 0.103 e. The summed E-state index contributed by atoms with van der Waals surface area (Å²) < 4.78 is 3.55. The Balaban J connectivity index is 2.13. The fraction of sp³-hybridized carbons (Fsp3) is 0.385. The number of pyridine rings is 1. The molecule has 0 fully saturated rings. The molecule has 0 bridgehead atoms. The van der Waals surface area contributed by atoms with Gasteiger partial charge in [0.05, 0.1) is 11.4 Å². The monoisotopic (exact) mass is 387 g/mol. The van der Waals surface area contributed by atoms with Crippen molar-refractivity contribution in [1.82, 2.24) is 14.8 Å². The topological polar surface area (TPSA) is 50.9 Å². The number of aromatic nitrogens is 3. The fourth-order valence-electron chi connectivity index (χ4n) is 1.74. The quantitative estimate of drug-likeness (QED) is 0.869. The summed E-state index contributed by atoms with van der Waals surface area (Å²) >= 11 is 6.75. The maximum absolute atomic E-state index is 10.2. The van der Waals surface area contributed by atoms with Gasteiger partial charge in [-0.05, 0) is 57.8 Å². The highest BCUT2D eigenvalue weighted by Crippen LogP contribution is 2.26. The van der Waals surface area contributed by atoms with Crippen LogP contribution in [0.4, 0.5) is 0 Å². The SMILES string of the molecule is CC(C)n1ccc(CC(O)c2ncc(Br)cc2Br)n1. The van der Waals surface area contributed by atoms with Crippen molar-refractivity contribution in [3.8, 4) is 0 Å². The van der Waals surface area contributed by atoms with E-state index in [-0.39, 0.29) is 0 Å². The highest BCUT2D eigenvalue weighted by molar-refractivity contribution is 9.11. The van der Waals surface area contributed by atoms with E-state index >= 15 is 0 Å². The van der Waals surface area contributed by atoms with Crippen LogP contribution in [0, 0.1) is 0 Å². The van der Waals surface area contributed by atoms with Crippen molar-refractivity contribution in [2.75, 3.05) is 0 Å². The third-order valence-electron chi connectivity index (χ3n) is 2.75. The summed E-state index contributed by atoms with van der Waals surface area (Å²) in [5.74, 6) is 0. The lowest BCUT2D eigenvalue weighted by Crippen LogP contribution is -2.07. The van der Waals surface area contributed by atoms with Crippen molar-refractivity contribution < 1.29 is 5.11 Å². The molecule has 19 heavy (non-hydrogen) atoms. The molecule has 2 heterocycles. The minimum Gasteiger partial charge on any atom is -0.386 e. The molecule has 6 heteroatoms. The van der Waals surface area contributed by atoms with E-state index in [1.165, 1.54) is 0 Å². The van der Waals surface area contributed by atoms with Crippen LogP contribution < -0.4 is 0 Å². The van der Waals surface area contributed by atoms with Gasteiger partial charge in [0, 0.05) is 33.8 Å². The third-order valence-corrected chi connectivity index (χ3v) is 3.82. The first-order valence-electron chi connectivity index (χ1n) is 6.00. The molecule has 1 atom stereocenters. The second-order valence-corrected chi connectivity index (χ2v) is 6.39. The number of hydrogen-bond donors (Lipinski definition) is 1. The van der Waals surface area contributed by atoms with Gasteiger partial charge in [0.15, 0.2) is 0 Å². The van der Waals surface area contributed by atoms with Gasteiger partial charge in [0.2, 0.25) is 0 Å². The zero-order valence-electron chi connectivity index (χ0n) is 10.7. The highest BCUT2D eigenvalue weighted by Gasteiger charge is 2.15. The first-order valence-corrected chi connectivity index (χ1v) is 7.59. The summed E-state index contributed by atoms with van der Waals surface area (Å²) in [6.07, 6.45) is 3.39. The molecule has 1 N–H and O–H groups in total. The van der Waals surface area contributed by atoms with Gasteiger partial charge in [0.1, 0.15) is 6.10 Å². The molecule has 4 nitrogen and oxygen atoms in total. The summed E-state index contributed by atoms with van der Waals surface area (Å²) in [7, 11) is 0. The molecule has 0 radical (unpaired) electrons. The van der Waals surface area contributed by atoms with Gasteiger partial charge in [-0.25, -0.2) is 0 Å². The van der Waals surface area contributed by atoms with Gasteiger partial charge in [-0.1, -0.05) is 0 Å². The van der Waals surface area contributed by atoms with Crippen LogP contribution in [-0.2, 0) is 6.42 Å². The molecule has 0 saturated carbocycles. The van der Waals surface area contributed by atoms with E-state index in [4.69, 9.17) is 0 Å². The van der Waals surface area contributed by atoms with Crippen LogP contribution in [0.2, 0.25) is 0 Å².